The van der Waals surface area contributed by atoms with E-state index in [4.69, 9.17) is 0 Å². The highest BCUT2D eigenvalue weighted by molar-refractivity contribution is 7.99. The quantitative estimate of drug-likeness (QED) is 0.859. The van der Waals surface area contributed by atoms with E-state index in [1.54, 1.807) is 11.8 Å². The largest absolute Gasteiger partial charge is 0.379 e. The smallest absolute Gasteiger partial charge is 0.253 e. The standard InChI is InChI=1S/C19H28N2O2S/c22-18(19(23)9-12-24-15-19)20-13-16-5-7-17(8-6-16)14-21-10-3-1-2-4-11-21/h5-8,23H,1-4,9-15H2,(H,20,22). The Morgan fingerprint density at radius 3 is 2.42 bits per heavy atom. The lowest BCUT2D eigenvalue weighted by atomic mass is 10.0. The van der Waals surface area contributed by atoms with Crippen LogP contribution in [0.5, 0.6) is 0 Å². The first-order valence-electron chi connectivity index (χ1n) is 9.04. The van der Waals surface area contributed by atoms with Crippen LogP contribution in [0.4, 0.5) is 0 Å². The zero-order chi connectivity index (χ0) is 16.8. The van der Waals surface area contributed by atoms with E-state index >= 15 is 0 Å². The van der Waals surface area contributed by atoms with Crippen molar-refractivity contribution in [2.24, 2.45) is 0 Å². The molecule has 1 unspecified atom stereocenters. The first-order valence-corrected chi connectivity index (χ1v) is 10.2. The van der Waals surface area contributed by atoms with Crippen molar-refractivity contribution in [1.29, 1.82) is 0 Å². The molecule has 4 nitrogen and oxygen atoms in total. The summed E-state index contributed by atoms with van der Waals surface area (Å²) in [5.74, 6) is 1.13. The highest BCUT2D eigenvalue weighted by Crippen LogP contribution is 2.27. The van der Waals surface area contributed by atoms with E-state index in [9.17, 15) is 9.90 Å². The number of benzene rings is 1. The maximum Gasteiger partial charge on any atom is 0.253 e. The van der Waals surface area contributed by atoms with Gasteiger partial charge in [0, 0.05) is 18.8 Å². The van der Waals surface area contributed by atoms with Gasteiger partial charge in [-0.05, 0) is 49.2 Å². The molecule has 1 amide bonds. The van der Waals surface area contributed by atoms with Gasteiger partial charge in [-0.25, -0.2) is 0 Å². The van der Waals surface area contributed by atoms with Gasteiger partial charge in [-0.2, -0.15) is 11.8 Å². The molecule has 1 aromatic carbocycles. The summed E-state index contributed by atoms with van der Waals surface area (Å²) in [5.41, 5.74) is 1.24. The van der Waals surface area contributed by atoms with Crippen LogP contribution in [0.1, 0.15) is 43.2 Å². The van der Waals surface area contributed by atoms with E-state index in [-0.39, 0.29) is 5.91 Å². The first kappa shape index (κ1) is 17.8. The van der Waals surface area contributed by atoms with Gasteiger partial charge in [0.25, 0.3) is 5.91 Å². The van der Waals surface area contributed by atoms with Crippen LogP contribution in [-0.4, -0.2) is 46.1 Å². The second-order valence-electron chi connectivity index (χ2n) is 7.02. The van der Waals surface area contributed by atoms with Crippen LogP contribution in [0.15, 0.2) is 24.3 Å². The summed E-state index contributed by atoms with van der Waals surface area (Å²) in [5, 5.41) is 13.1. The second kappa shape index (κ2) is 8.37. The highest BCUT2D eigenvalue weighted by atomic mass is 32.2. The molecule has 1 aromatic rings. The molecular formula is C19H28N2O2S. The lowest BCUT2D eigenvalue weighted by Gasteiger charge is -2.21. The molecule has 0 aliphatic carbocycles. The normalized spacial score (nSPS) is 25.4. The third kappa shape index (κ3) is 4.74. The molecule has 132 valence electrons. The third-order valence-electron chi connectivity index (χ3n) is 5.00. The Balaban J connectivity index is 1.48. The van der Waals surface area contributed by atoms with Gasteiger partial charge in [-0.1, -0.05) is 37.1 Å². The zero-order valence-corrected chi connectivity index (χ0v) is 15.1. The molecular weight excluding hydrogens is 320 g/mol. The van der Waals surface area contributed by atoms with Gasteiger partial charge >= 0.3 is 0 Å². The van der Waals surface area contributed by atoms with Crippen LogP contribution in [0.2, 0.25) is 0 Å². The molecule has 3 rings (SSSR count). The number of hydrogen-bond donors (Lipinski definition) is 2. The molecule has 0 radical (unpaired) electrons. The van der Waals surface area contributed by atoms with Gasteiger partial charge in [-0.3, -0.25) is 9.69 Å². The van der Waals surface area contributed by atoms with Gasteiger partial charge < -0.3 is 10.4 Å². The first-order chi connectivity index (χ1) is 11.7. The maximum atomic E-state index is 12.1. The van der Waals surface area contributed by atoms with Gasteiger partial charge in [0.2, 0.25) is 0 Å². The van der Waals surface area contributed by atoms with Crippen molar-refractivity contribution in [3.8, 4) is 0 Å². The Morgan fingerprint density at radius 2 is 1.79 bits per heavy atom. The molecule has 2 aliphatic heterocycles. The highest BCUT2D eigenvalue weighted by Gasteiger charge is 2.39. The summed E-state index contributed by atoms with van der Waals surface area (Å²) in [7, 11) is 0. The minimum absolute atomic E-state index is 0.235. The van der Waals surface area contributed by atoms with Crippen LogP contribution in [0, 0.1) is 0 Å². The van der Waals surface area contributed by atoms with Crippen LogP contribution in [0.25, 0.3) is 0 Å². The minimum atomic E-state index is -1.17. The Labute approximate surface area is 149 Å². The molecule has 2 heterocycles. The molecule has 0 bridgehead atoms. The Morgan fingerprint density at radius 1 is 1.12 bits per heavy atom. The predicted octanol–water partition coefficient (Wildman–Crippen LogP) is 2.55. The number of nitrogens with zero attached hydrogens (tertiary/aromatic N) is 1. The van der Waals surface area contributed by atoms with Crippen molar-refractivity contribution in [1.82, 2.24) is 10.2 Å². The number of hydrogen-bond acceptors (Lipinski definition) is 4. The van der Waals surface area contributed by atoms with Gasteiger partial charge in [-0.15, -0.1) is 0 Å². The Kier molecular flexibility index (Phi) is 6.19. The average molecular weight is 349 g/mol. The number of thioether (sulfide) groups is 1. The molecule has 0 saturated carbocycles. The summed E-state index contributed by atoms with van der Waals surface area (Å²) in [6.45, 7) is 3.90. The Hall–Kier alpha value is -1.04. The van der Waals surface area contributed by atoms with Crippen LogP contribution < -0.4 is 5.32 Å². The number of nitrogens with one attached hydrogen (secondary N) is 1. The van der Waals surface area contributed by atoms with Crippen molar-refractivity contribution < 1.29 is 9.90 Å². The van der Waals surface area contributed by atoms with Crippen molar-refractivity contribution in [3.63, 3.8) is 0 Å². The van der Waals surface area contributed by atoms with E-state index in [2.05, 4.69) is 34.5 Å². The zero-order valence-electron chi connectivity index (χ0n) is 14.3. The molecule has 24 heavy (non-hydrogen) atoms. The molecule has 2 aliphatic rings. The Bertz CT molecular complexity index is 533. The topological polar surface area (TPSA) is 52.6 Å². The molecule has 5 heteroatoms. The number of rotatable bonds is 5. The van der Waals surface area contributed by atoms with Gasteiger partial charge in [0.05, 0.1) is 0 Å². The minimum Gasteiger partial charge on any atom is -0.379 e. The molecule has 0 aromatic heterocycles. The van der Waals surface area contributed by atoms with E-state index in [1.165, 1.54) is 44.3 Å². The molecule has 0 spiro atoms. The fourth-order valence-electron chi connectivity index (χ4n) is 3.40. The second-order valence-corrected chi connectivity index (χ2v) is 8.13. The SMILES string of the molecule is O=C(NCc1ccc(CN2CCCCCC2)cc1)C1(O)CCSC1. The molecule has 2 saturated heterocycles. The lowest BCUT2D eigenvalue weighted by Crippen LogP contribution is -2.46. The molecule has 2 fully saturated rings. The van der Waals surface area contributed by atoms with E-state index < -0.39 is 5.60 Å². The monoisotopic (exact) mass is 348 g/mol. The number of likely N-dealkylation sites (tertiary alicyclic amines) is 1. The van der Waals surface area contributed by atoms with Crippen LogP contribution >= 0.6 is 11.8 Å². The summed E-state index contributed by atoms with van der Waals surface area (Å²) in [6.07, 6.45) is 5.90. The summed E-state index contributed by atoms with van der Waals surface area (Å²) >= 11 is 1.64. The van der Waals surface area contributed by atoms with Crippen LogP contribution in [0.3, 0.4) is 0 Å². The summed E-state index contributed by atoms with van der Waals surface area (Å²) in [4.78, 5) is 14.7. The average Bonchev–Trinajstić information content (AvgIpc) is 2.89. The fourth-order valence-corrected chi connectivity index (χ4v) is 4.63. The van der Waals surface area contributed by atoms with Crippen molar-refractivity contribution in [2.75, 3.05) is 24.6 Å². The number of carbonyl (C=O) groups excluding carboxylic acids is 1. The lowest BCUT2D eigenvalue weighted by molar-refractivity contribution is -0.137. The van der Waals surface area contributed by atoms with Gasteiger partial charge in [0.15, 0.2) is 5.60 Å². The van der Waals surface area contributed by atoms with E-state index in [0.29, 0.717) is 18.7 Å². The third-order valence-corrected chi connectivity index (χ3v) is 6.18. The van der Waals surface area contributed by atoms with E-state index in [1.807, 2.05) is 0 Å². The van der Waals surface area contributed by atoms with Crippen LogP contribution in [-0.2, 0) is 17.9 Å². The maximum absolute atomic E-state index is 12.1. The van der Waals surface area contributed by atoms with Crippen molar-refractivity contribution >= 4 is 17.7 Å². The van der Waals surface area contributed by atoms with Gasteiger partial charge in [0.1, 0.15) is 0 Å². The predicted molar refractivity (Wildman–Crippen MR) is 98.9 cm³/mol. The number of amides is 1. The molecule has 1 atom stereocenters. The number of carbonyl (C=O) groups is 1. The molecule has 2 N–H and O–H groups in total. The summed E-state index contributed by atoms with van der Waals surface area (Å²) in [6, 6.07) is 8.49. The van der Waals surface area contributed by atoms with Crippen molar-refractivity contribution in [2.45, 2.75) is 50.8 Å². The van der Waals surface area contributed by atoms with E-state index in [0.717, 1.165) is 17.9 Å². The number of aliphatic hydroxyl groups is 1. The van der Waals surface area contributed by atoms with Crippen molar-refractivity contribution in [3.05, 3.63) is 35.4 Å². The fraction of sp³-hybridized carbons (Fsp3) is 0.632. The summed E-state index contributed by atoms with van der Waals surface area (Å²) < 4.78 is 0.